The van der Waals surface area contributed by atoms with Gasteiger partial charge >= 0.3 is 0 Å². The summed E-state index contributed by atoms with van der Waals surface area (Å²) in [5.74, 6) is 0.466. The van der Waals surface area contributed by atoms with Crippen molar-refractivity contribution in [2.45, 2.75) is 44.7 Å². The van der Waals surface area contributed by atoms with Gasteiger partial charge in [0.2, 0.25) is 0 Å². The Labute approximate surface area is 150 Å². The van der Waals surface area contributed by atoms with E-state index >= 15 is 0 Å². The fraction of sp³-hybridized carbons (Fsp3) is 0.650. The van der Waals surface area contributed by atoms with Crippen LogP contribution in [0, 0.1) is 5.92 Å². The third kappa shape index (κ3) is 5.03. The van der Waals surface area contributed by atoms with Gasteiger partial charge in [-0.05, 0) is 69.3 Å². The Kier molecular flexibility index (Phi) is 6.10. The summed E-state index contributed by atoms with van der Waals surface area (Å²) < 4.78 is 5.38. The molecule has 2 N–H and O–H groups in total. The molecular weight excluding hydrogens is 316 g/mol. The number of benzene rings is 1. The van der Waals surface area contributed by atoms with Crippen LogP contribution in [0.4, 0.5) is 0 Å². The molecule has 2 aliphatic heterocycles. The van der Waals surface area contributed by atoms with Crippen molar-refractivity contribution in [1.82, 2.24) is 10.2 Å². The number of nitrogens with zero attached hydrogens (tertiary/aromatic N) is 1. The summed E-state index contributed by atoms with van der Waals surface area (Å²) in [6.45, 7) is 6.81. The van der Waals surface area contributed by atoms with E-state index in [4.69, 9.17) is 4.74 Å². The van der Waals surface area contributed by atoms with E-state index in [0.717, 1.165) is 50.9 Å². The maximum Gasteiger partial charge on any atom is 0.251 e. The second kappa shape index (κ2) is 8.30. The second-order valence-corrected chi connectivity index (χ2v) is 7.73. The van der Waals surface area contributed by atoms with Gasteiger partial charge in [-0.25, -0.2) is 0 Å². The summed E-state index contributed by atoms with van der Waals surface area (Å²) in [6.07, 6.45) is 3.86. The number of nitrogens with one attached hydrogen (secondary N) is 1. The van der Waals surface area contributed by atoms with Crippen molar-refractivity contribution in [2.75, 3.05) is 32.9 Å². The summed E-state index contributed by atoms with van der Waals surface area (Å²) in [6, 6.07) is 7.96. The number of hydrogen-bond acceptors (Lipinski definition) is 4. The molecule has 1 aromatic carbocycles. The molecule has 0 unspecified atom stereocenters. The lowest BCUT2D eigenvalue weighted by molar-refractivity contribution is 0.0423. The van der Waals surface area contributed by atoms with Gasteiger partial charge in [0.1, 0.15) is 0 Å². The fourth-order valence-electron chi connectivity index (χ4n) is 3.64. The highest BCUT2D eigenvalue weighted by atomic mass is 16.5. The molecule has 2 aliphatic rings. The molecule has 2 saturated heterocycles. The zero-order chi connectivity index (χ0) is 17.7. The number of aliphatic hydroxyl groups is 1. The number of piperidine rings is 1. The molecular formula is C20H30N2O3. The molecule has 2 fully saturated rings. The monoisotopic (exact) mass is 346 g/mol. The van der Waals surface area contributed by atoms with Crippen LogP contribution in [0.1, 0.15) is 48.5 Å². The molecule has 138 valence electrons. The number of carbonyl (C=O) groups excluding carboxylic acids is 1. The van der Waals surface area contributed by atoms with E-state index in [2.05, 4.69) is 29.3 Å². The Bertz CT molecular complexity index is 559. The molecule has 0 bridgehead atoms. The smallest absolute Gasteiger partial charge is 0.251 e. The molecule has 5 heteroatoms. The van der Waals surface area contributed by atoms with Crippen molar-refractivity contribution in [1.29, 1.82) is 0 Å². The van der Waals surface area contributed by atoms with Crippen LogP contribution in [0.3, 0.4) is 0 Å². The predicted octanol–water partition coefficient (Wildman–Crippen LogP) is 2.19. The van der Waals surface area contributed by atoms with Crippen LogP contribution in [0.25, 0.3) is 0 Å². The lowest BCUT2D eigenvalue weighted by atomic mass is 9.92. The molecule has 0 atom stereocenters. The van der Waals surface area contributed by atoms with Crippen LogP contribution in [-0.2, 0) is 11.3 Å². The van der Waals surface area contributed by atoms with E-state index in [9.17, 15) is 9.90 Å². The number of hydrogen-bond donors (Lipinski definition) is 2. The summed E-state index contributed by atoms with van der Waals surface area (Å²) in [5, 5.41) is 12.4. The van der Waals surface area contributed by atoms with Crippen LogP contribution < -0.4 is 5.32 Å². The minimum absolute atomic E-state index is 0.000268. The van der Waals surface area contributed by atoms with E-state index in [1.165, 1.54) is 5.56 Å². The Hall–Kier alpha value is -1.43. The average Bonchev–Trinajstić information content (AvgIpc) is 2.63. The summed E-state index contributed by atoms with van der Waals surface area (Å²) >= 11 is 0. The Morgan fingerprint density at radius 2 is 1.88 bits per heavy atom. The van der Waals surface area contributed by atoms with Gasteiger partial charge in [-0.3, -0.25) is 9.69 Å². The first-order valence-corrected chi connectivity index (χ1v) is 9.40. The van der Waals surface area contributed by atoms with Crippen molar-refractivity contribution in [3.05, 3.63) is 35.4 Å². The van der Waals surface area contributed by atoms with Crippen molar-refractivity contribution in [3.8, 4) is 0 Å². The zero-order valence-electron chi connectivity index (χ0n) is 15.2. The fourth-order valence-corrected chi connectivity index (χ4v) is 3.64. The van der Waals surface area contributed by atoms with E-state index in [0.29, 0.717) is 25.7 Å². The van der Waals surface area contributed by atoms with E-state index in [1.54, 1.807) is 0 Å². The molecule has 2 heterocycles. The predicted molar refractivity (Wildman–Crippen MR) is 97.5 cm³/mol. The molecule has 1 aromatic rings. The molecule has 0 aliphatic carbocycles. The van der Waals surface area contributed by atoms with Crippen LogP contribution in [-0.4, -0.2) is 54.4 Å². The molecule has 0 saturated carbocycles. The molecule has 25 heavy (non-hydrogen) atoms. The Balaban J connectivity index is 1.52. The van der Waals surface area contributed by atoms with Gasteiger partial charge < -0.3 is 15.2 Å². The molecule has 0 spiro atoms. The van der Waals surface area contributed by atoms with Crippen molar-refractivity contribution in [2.24, 2.45) is 5.92 Å². The maximum atomic E-state index is 12.5. The van der Waals surface area contributed by atoms with E-state index in [1.807, 2.05) is 12.1 Å². The van der Waals surface area contributed by atoms with Gasteiger partial charge in [0.05, 0.1) is 0 Å². The highest BCUT2D eigenvalue weighted by Crippen LogP contribution is 2.21. The van der Waals surface area contributed by atoms with Crippen LogP contribution in [0.15, 0.2) is 24.3 Å². The highest BCUT2D eigenvalue weighted by molar-refractivity contribution is 5.94. The lowest BCUT2D eigenvalue weighted by Crippen LogP contribution is -2.49. The Morgan fingerprint density at radius 3 is 2.48 bits per heavy atom. The number of amides is 1. The number of likely N-dealkylation sites (tertiary alicyclic amines) is 1. The second-order valence-electron chi connectivity index (χ2n) is 7.73. The first-order valence-electron chi connectivity index (χ1n) is 9.40. The number of carbonyl (C=O) groups is 1. The van der Waals surface area contributed by atoms with Crippen molar-refractivity contribution in [3.63, 3.8) is 0 Å². The number of ether oxygens (including phenoxy) is 1. The average molecular weight is 346 g/mol. The van der Waals surface area contributed by atoms with Crippen molar-refractivity contribution < 1.29 is 14.6 Å². The lowest BCUT2D eigenvalue weighted by Gasteiger charge is -2.34. The number of rotatable bonds is 5. The zero-order valence-corrected chi connectivity index (χ0v) is 15.2. The molecule has 5 nitrogen and oxygen atoms in total. The van der Waals surface area contributed by atoms with Gasteiger partial charge in [-0.15, -0.1) is 0 Å². The summed E-state index contributed by atoms with van der Waals surface area (Å²) in [4.78, 5) is 14.9. The third-order valence-corrected chi connectivity index (χ3v) is 5.60. The molecule has 0 radical (unpaired) electrons. The van der Waals surface area contributed by atoms with Crippen molar-refractivity contribution >= 4 is 5.91 Å². The van der Waals surface area contributed by atoms with Gasteiger partial charge in [-0.1, -0.05) is 12.1 Å². The van der Waals surface area contributed by atoms with Crippen LogP contribution in [0.2, 0.25) is 0 Å². The first-order chi connectivity index (χ1) is 12.1. The highest BCUT2D eigenvalue weighted by Gasteiger charge is 2.29. The van der Waals surface area contributed by atoms with Gasteiger partial charge in [0.25, 0.3) is 5.91 Å². The largest absolute Gasteiger partial charge is 0.396 e. The molecule has 0 aromatic heterocycles. The maximum absolute atomic E-state index is 12.5. The Morgan fingerprint density at radius 1 is 1.24 bits per heavy atom. The molecule has 3 rings (SSSR count). The first kappa shape index (κ1) is 18.4. The van der Waals surface area contributed by atoms with Crippen LogP contribution in [0.5, 0.6) is 0 Å². The quantitative estimate of drug-likeness (QED) is 0.858. The third-order valence-electron chi connectivity index (χ3n) is 5.60. The normalized spacial score (nSPS) is 21.8. The topological polar surface area (TPSA) is 61.8 Å². The van der Waals surface area contributed by atoms with Gasteiger partial charge in [-0.2, -0.15) is 0 Å². The SMILES string of the molecule is CC1(NC(=O)c2ccc(CN3CCC(CO)CC3)cc2)CCOCC1. The van der Waals surface area contributed by atoms with Crippen LogP contribution >= 0.6 is 0 Å². The standard InChI is InChI=1S/C20H30N2O3/c1-20(8-12-25-13-9-20)21-19(24)18-4-2-16(3-5-18)14-22-10-6-17(15-23)7-11-22/h2-5,17,23H,6-15H2,1H3,(H,21,24). The van der Waals surface area contributed by atoms with Gasteiger partial charge in [0.15, 0.2) is 0 Å². The summed E-state index contributed by atoms with van der Waals surface area (Å²) in [5.41, 5.74) is 1.79. The van der Waals surface area contributed by atoms with E-state index < -0.39 is 0 Å². The molecule has 1 amide bonds. The summed E-state index contributed by atoms with van der Waals surface area (Å²) in [7, 11) is 0. The van der Waals surface area contributed by atoms with Gasteiger partial charge in [0, 0.05) is 37.5 Å². The minimum atomic E-state index is -0.162. The number of aliphatic hydroxyl groups excluding tert-OH is 1. The minimum Gasteiger partial charge on any atom is -0.396 e. The van der Waals surface area contributed by atoms with E-state index in [-0.39, 0.29) is 11.4 Å².